The fourth-order valence-electron chi connectivity index (χ4n) is 5.42. The first-order chi connectivity index (χ1) is 19.8. The third-order valence-electron chi connectivity index (χ3n) is 7.74. The number of pyridine rings is 1. The molecule has 0 bridgehead atoms. The predicted octanol–water partition coefficient (Wildman–Crippen LogP) is 8.94. The summed E-state index contributed by atoms with van der Waals surface area (Å²) in [7, 11) is 2.03. The summed E-state index contributed by atoms with van der Waals surface area (Å²) in [5.41, 5.74) is 11.6. The second-order valence-corrected chi connectivity index (χ2v) is 11.0. The van der Waals surface area contributed by atoms with Gasteiger partial charge in [-0.15, -0.1) is 46.8 Å². The van der Waals surface area contributed by atoms with Crippen molar-refractivity contribution in [3.63, 3.8) is 0 Å². The SMILES string of the molecule is CC(C)n1c2ccccc2c2c[c-]c([N+]3=C=[N+](C)c4ccccc43)cc21.Cc1c[c-]c(-c2cc(C)c(C)cn2)cc1.[Ir]. The second-order valence-electron chi connectivity index (χ2n) is 11.0. The molecule has 1 aliphatic heterocycles. The molecule has 0 N–H and O–H groups in total. The molecule has 6 aromatic rings. The summed E-state index contributed by atoms with van der Waals surface area (Å²) in [5, 5.41) is 2.53. The van der Waals surface area contributed by atoms with Crippen LogP contribution in [0.3, 0.4) is 0 Å². The van der Waals surface area contributed by atoms with Crippen molar-refractivity contribution in [1.82, 2.24) is 14.1 Å². The predicted molar refractivity (Wildman–Crippen MR) is 170 cm³/mol. The van der Waals surface area contributed by atoms with Crippen LogP contribution in [-0.4, -0.2) is 27.2 Å². The van der Waals surface area contributed by atoms with E-state index in [-0.39, 0.29) is 20.1 Å². The molecule has 1 radical (unpaired) electrons. The van der Waals surface area contributed by atoms with Gasteiger partial charge in [0.2, 0.25) is 0 Å². The van der Waals surface area contributed by atoms with E-state index in [1.165, 1.54) is 38.5 Å². The van der Waals surface area contributed by atoms with Gasteiger partial charge in [0.1, 0.15) is 5.69 Å². The molecule has 0 unspecified atom stereocenters. The third-order valence-corrected chi connectivity index (χ3v) is 7.74. The third kappa shape index (κ3) is 5.40. The zero-order chi connectivity index (χ0) is 28.7. The average molecular weight is 727 g/mol. The van der Waals surface area contributed by atoms with Gasteiger partial charge in [-0.3, -0.25) is 0 Å². The van der Waals surface area contributed by atoms with Gasteiger partial charge in [-0.25, -0.2) is 0 Å². The van der Waals surface area contributed by atoms with E-state index in [2.05, 4.69) is 146 Å². The van der Waals surface area contributed by atoms with Gasteiger partial charge in [0.15, 0.2) is 7.05 Å². The number of hydrogen-bond donors (Lipinski definition) is 0. The monoisotopic (exact) mass is 727 g/mol. The van der Waals surface area contributed by atoms with Crippen LogP contribution in [0.25, 0.3) is 33.1 Å². The molecule has 2 aromatic heterocycles. The van der Waals surface area contributed by atoms with Crippen molar-refractivity contribution in [2.75, 3.05) is 7.05 Å². The van der Waals surface area contributed by atoms with Crippen molar-refractivity contribution in [3.8, 4) is 11.3 Å². The van der Waals surface area contributed by atoms with Gasteiger partial charge in [-0.1, -0.05) is 69.6 Å². The molecule has 5 heteroatoms. The van der Waals surface area contributed by atoms with Gasteiger partial charge in [-0.05, 0) is 50.4 Å². The second kappa shape index (κ2) is 12.0. The summed E-state index contributed by atoms with van der Waals surface area (Å²) in [6.07, 6.45) is 1.92. The van der Waals surface area contributed by atoms with Gasteiger partial charge >= 0.3 is 6.01 Å². The summed E-state index contributed by atoms with van der Waals surface area (Å²) in [6.45, 7) is 10.7. The Morgan fingerprint density at radius 1 is 0.786 bits per heavy atom. The van der Waals surface area contributed by atoms with Crippen LogP contribution >= 0.6 is 0 Å². The summed E-state index contributed by atoms with van der Waals surface area (Å²) < 4.78 is 6.54. The summed E-state index contributed by atoms with van der Waals surface area (Å²) in [6, 6.07) is 40.1. The minimum Gasteiger partial charge on any atom is -0.362 e. The van der Waals surface area contributed by atoms with Crippen LogP contribution in [0.2, 0.25) is 0 Å². The zero-order valence-electron chi connectivity index (χ0n) is 24.9. The smallest absolute Gasteiger partial charge is 0.362 e. The Bertz CT molecular complexity index is 1990. The van der Waals surface area contributed by atoms with Gasteiger partial charge < -0.3 is 9.55 Å². The standard InChI is InChI=1S/C23H20N3.C14H14N.Ir/c1-16(2)26-20-9-5-4-8-18(20)19-13-12-17(14-23(19)26)25-15-24(3)21-10-6-7-11-22(21)25;1-10-4-6-13(7-5-10)14-8-11(2)12(3)9-15-14;/h4-11,13-14,16H,1-3H3;4-6,8-9H,1-3H3;/q+1;-1;. The minimum absolute atomic E-state index is 0. The number of rotatable bonds is 3. The molecule has 0 saturated carbocycles. The van der Waals surface area contributed by atoms with Crippen molar-refractivity contribution in [2.45, 2.75) is 40.7 Å². The summed E-state index contributed by atoms with van der Waals surface area (Å²) >= 11 is 0. The molecule has 0 fully saturated rings. The van der Waals surface area contributed by atoms with Crippen molar-refractivity contribution in [1.29, 1.82) is 0 Å². The molecular weight excluding hydrogens is 693 g/mol. The Hall–Kier alpha value is -4.14. The number of nitrogens with zero attached hydrogens (tertiary/aromatic N) is 4. The maximum Gasteiger partial charge on any atom is 0.494 e. The van der Waals surface area contributed by atoms with Crippen LogP contribution in [0.1, 0.15) is 36.6 Å². The van der Waals surface area contributed by atoms with Crippen LogP contribution in [0.4, 0.5) is 17.1 Å². The number of benzene rings is 4. The molecule has 0 amide bonds. The fraction of sp³-hybridized carbons (Fsp3) is 0.189. The van der Waals surface area contributed by atoms with E-state index in [1.54, 1.807) is 0 Å². The Morgan fingerprint density at radius 2 is 1.52 bits per heavy atom. The Labute approximate surface area is 261 Å². The zero-order valence-corrected chi connectivity index (χ0v) is 27.3. The molecule has 4 aromatic carbocycles. The number of para-hydroxylation sites is 3. The van der Waals surface area contributed by atoms with E-state index >= 15 is 0 Å². The number of aromatic nitrogens is 2. The molecule has 0 atom stereocenters. The maximum absolute atomic E-state index is 4.41. The molecule has 0 saturated heterocycles. The van der Waals surface area contributed by atoms with Gasteiger partial charge in [-0.2, -0.15) is 6.07 Å². The van der Waals surface area contributed by atoms with E-state index in [9.17, 15) is 0 Å². The van der Waals surface area contributed by atoms with E-state index in [1.807, 2.05) is 23.9 Å². The first-order valence-electron chi connectivity index (χ1n) is 14.1. The molecular formula is C37H34IrN4. The quantitative estimate of drug-likeness (QED) is 0.132. The van der Waals surface area contributed by atoms with Gasteiger partial charge in [0, 0.05) is 50.0 Å². The summed E-state index contributed by atoms with van der Waals surface area (Å²) in [5.74, 6) is 0. The van der Waals surface area contributed by atoms with Crippen LogP contribution in [-0.2, 0) is 20.1 Å². The van der Waals surface area contributed by atoms with Crippen LogP contribution in [0.5, 0.6) is 0 Å². The van der Waals surface area contributed by atoms with E-state index in [0.29, 0.717) is 6.04 Å². The number of fused-ring (bicyclic) bond motifs is 4. The number of aryl methyl sites for hydroxylation is 3. The van der Waals surface area contributed by atoms with Crippen molar-refractivity contribution in [3.05, 3.63) is 120 Å². The van der Waals surface area contributed by atoms with Gasteiger partial charge in [0.05, 0.1) is 0 Å². The summed E-state index contributed by atoms with van der Waals surface area (Å²) in [4.78, 5) is 4.41. The molecule has 4 nitrogen and oxygen atoms in total. The maximum atomic E-state index is 4.41. The van der Waals surface area contributed by atoms with Gasteiger partial charge in [0.25, 0.3) is 11.4 Å². The largest absolute Gasteiger partial charge is 0.494 e. The van der Waals surface area contributed by atoms with Crippen LogP contribution in [0, 0.1) is 32.9 Å². The Kier molecular flexibility index (Phi) is 8.38. The molecule has 7 rings (SSSR count). The molecule has 0 aliphatic carbocycles. The average Bonchev–Trinajstić information content (AvgIpc) is 3.50. The molecule has 211 valence electrons. The minimum atomic E-state index is 0. The van der Waals surface area contributed by atoms with Crippen molar-refractivity contribution in [2.24, 2.45) is 0 Å². The fourth-order valence-corrected chi connectivity index (χ4v) is 5.42. The van der Waals surface area contributed by atoms with Crippen LogP contribution < -0.4 is 4.58 Å². The Morgan fingerprint density at radius 3 is 2.24 bits per heavy atom. The first-order valence-corrected chi connectivity index (χ1v) is 14.1. The first kappa shape index (κ1) is 29.4. The molecule has 1 aliphatic rings. The van der Waals surface area contributed by atoms with Crippen molar-refractivity contribution >= 4 is 44.9 Å². The van der Waals surface area contributed by atoms with E-state index in [4.69, 9.17) is 0 Å². The Balaban J connectivity index is 0.000000189. The van der Waals surface area contributed by atoms with E-state index in [0.717, 1.165) is 28.3 Å². The molecule has 42 heavy (non-hydrogen) atoms. The van der Waals surface area contributed by atoms with E-state index < -0.39 is 0 Å². The van der Waals surface area contributed by atoms with Crippen molar-refractivity contribution < 1.29 is 24.7 Å². The topological polar surface area (TPSA) is 23.8 Å². The molecule has 3 heterocycles. The van der Waals surface area contributed by atoms with Crippen LogP contribution in [0.15, 0.2) is 91.1 Å². The molecule has 0 spiro atoms. The number of hydrogen-bond acceptors (Lipinski definition) is 1. The normalized spacial score (nSPS) is 12.0.